The third-order valence-electron chi connectivity index (χ3n) is 4.37. The number of para-hydroxylation sites is 1. The number of ether oxygens (including phenoxy) is 2. The number of methoxy groups -OCH3 is 1. The summed E-state index contributed by atoms with van der Waals surface area (Å²) in [5.41, 5.74) is 0.183. The first-order chi connectivity index (χ1) is 9.19. The standard InChI is InChI=1S/C15H18O4/c1-18-12-4-2-3-11(15(16)17)14(12)19-13-8-9-5-6-10(13)7-9/h2-4,9-10,13H,5-8H2,1H3,(H,16,17). The van der Waals surface area contributed by atoms with Crippen LogP contribution in [0.1, 0.15) is 36.0 Å². The molecule has 19 heavy (non-hydrogen) atoms. The van der Waals surface area contributed by atoms with Crippen LogP contribution in [0.4, 0.5) is 0 Å². The minimum Gasteiger partial charge on any atom is -0.493 e. The van der Waals surface area contributed by atoms with Crippen LogP contribution in [0.25, 0.3) is 0 Å². The van der Waals surface area contributed by atoms with Crippen molar-refractivity contribution >= 4 is 5.97 Å². The Morgan fingerprint density at radius 3 is 2.74 bits per heavy atom. The molecule has 2 aliphatic carbocycles. The highest BCUT2D eigenvalue weighted by atomic mass is 16.5. The lowest BCUT2D eigenvalue weighted by molar-refractivity contribution is 0.0681. The Labute approximate surface area is 112 Å². The van der Waals surface area contributed by atoms with Gasteiger partial charge in [0.2, 0.25) is 0 Å². The van der Waals surface area contributed by atoms with Gasteiger partial charge in [-0.3, -0.25) is 0 Å². The third-order valence-corrected chi connectivity index (χ3v) is 4.37. The van der Waals surface area contributed by atoms with E-state index in [2.05, 4.69) is 0 Å². The molecule has 0 aromatic heterocycles. The molecule has 0 saturated heterocycles. The molecule has 3 atom stereocenters. The van der Waals surface area contributed by atoms with Crippen LogP contribution in [-0.2, 0) is 0 Å². The van der Waals surface area contributed by atoms with E-state index in [-0.39, 0.29) is 11.7 Å². The van der Waals surface area contributed by atoms with Gasteiger partial charge in [-0.1, -0.05) is 6.07 Å². The molecule has 0 amide bonds. The number of hydrogen-bond acceptors (Lipinski definition) is 3. The lowest BCUT2D eigenvalue weighted by atomic mass is 9.97. The number of fused-ring (bicyclic) bond motifs is 2. The number of carboxylic acid groups (broad SMARTS) is 1. The molecule has 0 radical (unpaired) electrons. The van der Waals surface area contributed by atoms with Gasteiger partial charge in [0.25, 0.3) is 0 Å². The molecule has 1 aromatic carbocycles. The lowest BCUT2D eigenvalue weighted by Crippen LogP contribution is -2.24. The molecule has 1 N–H and O–H groups in total. The van der Waals surface area contributed by atoms with E-state index >= 15 is 0 Å². The predicted molar refractivity (Wildman–Crippen MR) is 69.8 cm³/mol. The van der Waals surface area contributed by atoms with Crippen LogP contribution in [0.15, 0.2) is 18.2 Å². The summed E-state index contributed by atoms with van der Waals surface area (Å²) in [7, 11) is 1.54. The molecule has 0 aliphatic heterocycles. The summed E-state index contributed by atoms with van der Waals surface area (Å²) >= 11 is 0. The first-order valence-electron chi connectivity index (χ1n) is 6.76. The molecule has 0 heterocycles. The van der Waals surface area contributed by atoms with Crippen LogP contribution >= 0.6 is 0 Å². The second kappa shape index (κ2) is 4.76. The predicted octanol–water partition coefficient (Wildman–Crippen LogP) is 2.96. The highest BCUT2D eigenvalue weighted by Crippen LogP contribution is 2.47. The Kier molecular flexibility index (Phi) is 3.09. The highest BCUT2D eigenvalue weighted by Gasteiger charge is 2.41. The summed E-state index contributed by atoms with van der Waals surface area (Å²) in [6, 6.07) is 4.98. The second-order valence-electron chi connectivity index (χ2n) is 5.47. The third kappa shape index (κ3) is 2.15. The van der Waals surface area contributed by atoms with Crippen molar-refractivity contribution < 1.29 is 19.4 Å². The van der Waals surface area contributed by atoms with E-state index in [0.717, 1.165) is 12.3 Å². The summed E-state index contributed by atoms with van der Waals surface area (Å²) in [6.07, 6.45) is 4.91. The Bertz CT molecular complexity index is 497. The van der Waals surface area contributed by atoms with Gasteiger partial charge >= 0.3 is 5.97 Å². The fraction of sp³-hybridized carbons (Fsp3) is 0.533. The number of rotatable bonds is 4. The van der Waals surface area contributed by atoms with Gasteiger partial charge in [0, 0.05) is 0 Å². The van der Waals surface area contributed by atoms with Crippen molar-refractivity contribution in [3.63, 3.8) is 0 Å². The molecular formula is C15H18O4. The SMILES string of the molecule is COc1cccc(C(=O)O)c1OC1CC2CCC1C2. The van der Waals surface area contributed by atoms with Gasteiger partial charge in [0.1, 0.15) is 11.7 Å². The molecule has 2 fully saturated rings. The molecule has 2 saturated carbocycles. The quantitative estimate of drug-likeness (QED) is 0.906. The van der Waals surface area contributed by atoms with E-state index in [1.54, 1.807) is 18.2 Å². The van der Waals surface area contributed by atoms with Gasteiger partial charge in [-0.2, -0.15) is 0 Å². The Morgan fingerprint density at radius 2 is 2.16 bits per heavy atom. The van der Waals surface area contributed by atoms with Gasteiger partial charge < -0.3 is 14.6 Å². The van der Waals surface area contributed by atoms with Gasteiger partial charge in [0.05, 0.1) is 7.11 Å². The molecule has 4 heteroatoms. The van der Waals surface area contributed by atoms with E-state index < -0.39 is 5.97 Å². The summed E-state index contributed by atoms with van der Waals surface area (Å²) in [4.78, 5) is 11.3. The monoisotopic (exact) mass is 262 g/mol. The van der Waals surface area contributed by atoms with Crippen molar-refractivity contribution in [2.45, 2.75) is 31.8 Å². The maximum absolute atomic E-state index is 11.3. The van der Waals surface area contributed by atoms with Crippen molar-refractivity contribution in [3.05, 3.63) is 23.8 Å². The normalized spacial score (nSPS) is 28.4. The molecule has 102 valence electrons. The van der Waals surface area contributed by atoms with Gasteiger partial charge in [-0.25, -0.2) is 4.79 Å². The van der Waals surface area contributed by atoms with E-state index in [9.17, 15) is 9.90 Å². The van der Waals surface area contributed by atoms with Crippen molar-refractivity contribution in [2.75, 3.05) is 7.11 Å². The van der Waals surface area contributed by atoms with Crippen LogP contribution in [0.5, 0.6) is 11.5 Å². The lowest BCUT2D eigenvalue weighted by Gasteiger charge is -2.24. The molecule has 4 nitrogen and oxygen atoms in total. The van der Waals surface area contributed by atoms with Crippen molar-refractivity contribution in [3.8, 4) is 11.5 Å². The summed E-state index contributed by atoms with van der Waals surface area (Å²) in [5.74, 6) is 1.25. The topological polar surface area (TPSA) is 55.8 Å². The number of hydrogen-bond donors (Lipinski definition) is 1. The van der Waals surface area contributed by atoms with Crippen molar-refractivity contribution in [1.82, 2.24) is 0 Å². The first kappa shape index (κ1) is 12.3. The number of benzene rings is 1. The zero-order valence-corrected chi connectivity index (χ0v) is 11.0. The maximum atomic E-state index is 11.3. The Morgan fingerprint density at radius 1 is 1.32 bits per heavy atom. The van der Waals surface area contributed by atoms with Crippen LogP contribution < -0.4 is 9.47 Å². The number of carboxylic acids is 1. The zero-order valence-electron chi connectivity index (χ0n) is 11.0. The van der Waals surface area contributed by atoms with Crippen LogP contribution in [-0.4, -0.2) is 24.3 Å². The van der Waals surface area contributed by atoms with E-state index in [0.29, 0.717) is 17.4 Å². The first-order valence-corrected chi connectivity index (χ1v) is 6.76. The van der Waals surface area contributed by atoms with Crippen molar-refractivity contribution in [1.29, 1.82) is 0 Å². The van der Waals surface area contributed by atoms with Crippen LogP contribution in [0.3, 0.4) is 0 Å². The fourth-order valence-corrected chi connectivity index (χ4v) is 3.45. The maximum Gasteiger partial charge on any atom is 0.339 e. The molecule has 2 aliphatic rings. The van der Waals surface area contributed by atoms with Crippen molar-refractivity contribution in [2.24, 2.45) is 11.8 Å². The van der Waals surface area contributed by atoms with E-state index in [1.807, 2.05) is 0 Å². The van der Waals surface area contributed by atoms with Crippen LogP contribution in [0, 0.1) is 11.8 Å². The summed E-state index contributed by atoms with van der Waals surface area (Å²) in [6.45, 7) is 0. The van der Waals surface area contributed by atoms with E-state index in [4.69, 9.17) is 9.47 Å². The average molecular weight is 262 g/mol. The smallest absolute Gasteiger partial charge is 0.339 e. The largest absolute Gasteiger partial charge is 0.493 e. The Balaban J connectivity index is 1.88. The minimum atomic E-state index is -0.975. The molecule has 3 rings (SSSR count). The number of carbonyl (C=O) groups is 1. The van der Waals surface area contributed by atoms with E-state index in [1.165, 1.54) is 26.4 Å². The van der Waals surface area contributed by atoms with Gasteiger partial charge in [0.15, 0.2) is 11.5 Å². The average Bonchev–Trinajstić information content (AvgIpc) is 3.01. The molecule has 3 unspecified atom stereocenters. The summed E-state index contributed by atoms with van der Waals surface area (Å²) < 4.78 is 11.3. The molecule has 1 aromatic rings. The second-order valence-corrected chi connectivity index (χ2v) is 5.47. The van der Waals surface area contributed by atoms with Gasteiger partial charge in [-0.15, -0.1) is 0 Å². The Hall–Kier alpha value is -1.71. The molecule has 2 bridgehead atoms. The fourth-order valence-electron chi connectivity index (χ4n) is 3.45. The minimum absolute atomic E-state index is 0.146. The zero-order chi connectivity index (χ0) is 13.4. The van der Waals surface area contributed by atoms with Crippen LogP contribution in [0.2, 0.25) is 0 Å². The highest BCUT2D eigenvalue weighted by molar-refractivity contribution is 5.92. The summed E-state index contributed by atoms with van der Waals surface area (Å²) in [5, 5.41) is 9.26. The molecule has 0 spiro atoms. The van der Waals surface area contributed by atoms with Gasteiger partial charge in [-0.05, 0) is 49.7 Å². The number of aromatic carboxylic acids is 1. The molecular weight excluding hydrogens is 244 g/mol.